The summed E-state index contributed by atoms with van der Waals surface area (Å²) in [6, 6.07) is 4.96. The van der Waals surface area contributed by atoms with Crippen molar-refractivity contribution in [2.24, 2.45) is 0 Å². The first-order valence-corrected chi connectivity index (χ1v) is 6.88. The van der Waals surface area contributed by atoms with Crippen molar-refractivity contribution in [2.45, 2.75) is 26.9 Å². The minimum atomic E-state index is -0.920. The maximum atomic E-state index is 10.9. The van der Waals surface area contributed by atoms with Crippen LogP contribution in [0.3, 0.4) is 0 Å². The second kappa shape index (κ2) is 5.84. The van der Waals surface area contributed by atoms with Crippen LogP contribution in [0, 0.1) is 6.92 Å². The average Bonchev–Trinajstić information content (AvgIpc) is 2.84. The number of ether oxygens (including phenoxy) is 1. The van der Waals surface area contributed by atoms with Crippen LogP contribution >= 0.6 is 11.3 Å². The largest absolute Gasteiger partial charge is 0.487 e. The van der Waals surface area contributed by atoms with Gasteiger partial charge in [-0.3, -0.25) is 0 Å². The summed E-state index contributed by atoms with van der Waals surface area (Å²) in [5, 5.41) is 12.0. The lowest BCUT2D eigenvalue weighted by atomic mass is 10.1. The summed E-state index contributed by atoms with van der Waals surface area (Å²) in [6.07, 6.45) is 0.928. The molecule has 2 rings (SSSR count). The number of aromatic carboxylic acids is 1. The quantitative estimate of drug-likeness (QED) is 0.911. The first-order valence-electron chi connectivity index (χ1n) is 6.00. The first-order chi connectivity index (χ1) is 9.10. The van der Waals surface area contributed by atoms with E-state index >= 15 is 0 Å². The van der Waals surface area contributed by atoms with E-state index < -0.39 is 5.97 Å². The predicted octanol–water partition coefficient (Wildman–Crippen LogP) is 3.29. The van der Waals surface area contributed by atoms with E-state index in [-0.39, 0.29) is 0 Å². The highest BCUT2D eigenvalue weighted by atomic mass is 32.1. The van der Waals surface area contributed by atoms with Crippen molar-refractivity contribution >= 4 is 17.3 Å². The van der Waals surface area contributed by atoms with Crippen LogP contribution in [-0.2, 0) is 13.0 Å². The number of nitrogens with zero attached hydrogens (tertiary/aromatic N) is 1. The summed E-state index contributed by atoms with van der Waals surface area (Å²) in [5.74, 6) is -0.260. The number of aryl methyl sites for hydroxylation is 2. The van der Waals surface area contributed by atoms with E-state index in [4.69, 9.17) is 9.84 Å². The summed E-state index contributed by atoms with van der Waals surface area (Å²) in [6.45, 7) is 4.23. The molecule has 0 bridgehead atoms. The molecule has 1 aromatic heterocycles. The fraction of sp³-hybridized carbons (Fsp3) is 0.286. The fourth-order valence-corrected chi connectivity index (χ4v) is 2.43. The van der Waals surface area contributed by atoms with Crippen molar-refractivity contribution in [1.29, 1.82) is 0 Å². The lowest BCUT2D eigenvalue weighted by Crippen LogP contribution is -2.01. The molecule has 1 heterocycles. The summed E-state index contributed by atoms with van der Waals surface area (Å²) in [5.41, 5.74) is 1.90. The Morgan fingerprint density at radius 1 is 1.47 bits per heavy atom. The van der Waals surface area contributed by atoms with E-state index in [2.05, 4.69) is 11.9 Å². The molecule has 0 spiro atoms. The molecule has 4 nitrogen and oxygen atoms in total. The Kier molecular flexibility index (Phi) is 4.16. The van der Waals surface area contributed by atoms with Gasteiger partial charge in [-0.05, 0) is 37.1 Å². The molecule has 1 N–H and O–H groups in total. The van der Waals surface area contributed by atoms with Gasteiger partial charge in [0.05, 0.1) is 16.3 Å². The van der Waals surface area contributed by atoms with E-state index in [9.17, 15) is 4.79 Å². The molecule has 0 aliphatic rings. The van der Waals surface area contributed by atoms with Crippen LogP contribution in [0.5, 0.6) is 5.75 Å². The Morgan fingerprint density at radius 2 is 2.26 bits per heavy atom. The third-order valence-electron chi connectivity index (χ3n) is 2.72. The molecular weight excluding hydrogens is 262 g/mol. The number of benzene rings is 1. The summed E-state index contributed by atoms with van der Waals surface area (Å²) in [4.78, 5) is 15.3. The van der Waals surface area contributed by atoms with Crippen molar-refractivity contribution in [3.8, 4) is 5.75 Å². The molecule has 0 aliphatic heterocycles. The van der Waals surface area contributed by atoms with Crippen molar-refractivity contribution in [3.05, 3.63) is 45.4 Å². The second-order valence-electron chi connectivity index (χ2n) is 4.16. The van der Waals surface area contributed by atoms with Gasteiger partial charge in [0, 0.05) is 5.38 Å². The number of rotatable bonds is 5. The predicted molar refractivity (Wildman–Crippen MR) is 74.0 cm³/mol. The maximum absolute atomic E-state index is 10.9. The van der Waals surface area contributed by atoms with Gasteiger partial charge in [-0.1, -0.05) is 6.92 Å². The Hall–Kier alpha value is -1.88. The topological polar surface area (TPSA) is 59.4 Å². The van der Waals surface area contributed by atoms with Gasteiger partial charge in [-0.25, -0.2) is 9.78 Å². The Balaban J connectivity index is 2.03. The van der Waals surface area contributed by atoms with Crippen LogP contribution in [0.15, 0.2) is 23.6 Å². The number of thiazole rings is 1. The molecule has 0 amide bonds. The summed E-state index contributed by atoms with van der Waals surface area (Å²) < 4.78 is 5.62. The zero-order valence-electron chi connectivity index (χ0n) is 10.8. The molecule has 0 saturated heterocycles. The van der Waals surface area contributed by atoms with Gasteiger partial charge in [0.25, 0.3) is 0 Å². The molecule has 19 heavy (non-hydrogen) atoms. The highest BCUT2D eigenvalue weighted by molar-refractivity contribution is 7.09. The maximum Gasteiger partial charge on any atom is 0.335 e. The Morgan fingerprint density at radius 3 is 2.84 bits per heavy atom. The SMILES string of the molecule is CCc1nc(COc2ccc(C(=O)O)c(C)c2)cs1. The summed E-state index contributed by atoms with van der Waals surface area (Å²) >= 11 is 1.63. The summed E-state index contributed by atoms with van der Waals surface area (Å²) in [7, 11) is 0. The van der Waals surface area contributed by atoms with Crippen LogP contribution in [0.4, 0.5) is 0 Å². The van der Waals surface area contributed by atoms with Crippen LogP contribution in [0.1, 0.15) is 33.5 Å². The van der Waals surface area contributed by atoms with Gasteiger partial charge in [-0.15, -0.1) is 11.3 Å². The molecular formula is C14H15NO3S. The molecule has 5 heteroatoms. The van der Waals surface area contributed by atoms with Crippen LogP contribution in [0.25, 0.3) is 0 Å². The van der Waals surface area contributed by atoms with E-state index in [1.807, 2.05) is 5.38 Å². The van der Waals surface area contributed by atoms with Gasteiger partial charge >= 0.3 is 5.97 Å². The normalized spacial score (nSPS) is 10.4. The van der Waals surface area contributed by atoms with Crippen molar-refractivity contribution in [3.63, 3.8) is 0 Å². The van der Waals surface area contributed by atoms with Gasteiger partial charge in [0.15, 0.2) is 0 Å². The molecule has 2 aromatic rings. The van der Waals surface area contributed by atoms with Gasteiger partial charge in [0.1, 0.15) is 12.4 Å². The lowest BCUT2D eigenvalue weighted by Gasteiger charge is -2.07. The fourth-order valence-electron chi connectivity index (χ4n) is 1.70. The van der Waals surface area contributed by atoms with Gasteiger partial charge < -0.3 is 9.84 Å². The molecule has 100 valence electrons. The number of hydrogen-bond acceptors (Lipinski definition) is 4. The van der Waals surface area contributed by atoms with Crippen molar-refractivity contribution < 1.29 is 14.6 Å². The smallest absolute Gasteiger partial charge is 0.335 e. The molecule has 1 aromatic carbocycles. The van der Waals surface area contributed by atoms with Crippen molar-refractivity contribution in [2.75, 3.05) is 0 Å². The van der Waals surface area contributed by atoms with Crippen LogP contribution in [0.2, 0.25) is 0 Å². The third kappa shape index (κ3) is 3.32. The first kappa shape index (κ1) is 13.5. The zero-order valence-corrected chi connectivity index (χ0v) is 11.7. The Labute approximate surface area is 115 Å². The Bertz CT molecular complexity index is 592. The molecule has 0 atom stereocenters. The zero-order chi connectivity index (χ0) is 13.8. The minimum Gasteiger partial charge on any atom is -0.487 e. The number of carboxylic acid groups (broad SMARTS) is 1. The number of hydrogen-bond donors (Lipinski definition) is 1. The molecule has 0 aliphatic carbocycles. The van der Waals surface area contributed by atoms with Gasteiger partial charge in [0.2, 0.25) is 0 Å². The van der Waals surface area contributed by atoms with Crippen LogP contribution in [-0.4, -0.2) is 16.1 Å². The third-order valence-corrected chi connectivity index (χ3v) is 3.76. The van der Waals surface area contributed by atoms with E-state index in [0.29, 0.717) is 23.5 Å². The lowest BCUT2D eigenvalue weighted by molar-refractivity contribution is 0.0696. The molecule has 0 unspecified atom stereocenters. The van der Waals surface area contributed by atoms with E-state index in [1.54, 1.807) is 36.5 Å². The minimum absolute atomic E-state index is 0.300. The number of aromatic nitrogens is 1. The number of carbonyl (C=O) groups is 1. The standard InChI is InChI=1S/C14H15NO3S/c1-3-13-15-10(8-19-13)7-18-11-4-5-12(14(16)17)9(2)6-11/h4-6,8H,3,7H2,1-2H3,(H,16,17). The second-order valence-corrected chi connectivity index (χ2v) is 5.10. The van der Waals surface area contributed by atoms with Crippen molar-refractivity contribution in [1.82, 2.24) is 4.98 Å². The molecule has 0 saturated carbocycles. The molecule has 0 fully saturated rings. The van der Waals surface area contributed by atoms with E-state index in [0.717, 1.165) is 17.1 Å². The monoisotopic (exact) mass is 277 g/mol. The highest BCUT2D eigenvalue weighted by Crippen LogP contribution is 2.19. The van der Waals surface area contributed by atoms with Gasteiger partial charge in [-0.2, -0.15) is 0 Å². The van der Waals surface area contributed by atoms with E-state index in [1.165, 1.54) is 0 Å². The van der Waals surface area contributed by atoms with Crippen LogP contribution < -0.4 is 4.74 Å². The average molecular weight is 277 g/mol. The number of carboxylic acids is 1. The highest BCUT2D eigenvalue weighted by Gasteiger charge is 2.08. The molecule has 0 radical (unpaired) electrons.